The van der Waals surface area contributed by atoms with Crippen LogP contribution >= 0.6 is 11.3 Å². The lowest BCUT2D eigenvalue weighted by molar-refractivity contribution is 0.660. The Labute approximate surface area is 363 Å². The summed E-state index contributed by atoms with van der Waals surface area (Å²) in [6.45, 7) is 4.71. The Morgan fingerprint density at radius 3 is 1.97 bits per heavy atom. The third-order valence-electron chi connectivity index (χ3n) is 13.4. The van der Waals surface area contributed by atoms with Crippen LogP contribution in [0.15, 0.2) is 205 Å². The summed E-state index contributed by atoms with van der Waals surface area (Å²) in [5, 5.41) is 9.68. The molecule has 0 amide bonds. The van der Waals surface area contributed by atoms with Gasteiger partial charge in [0.2, 0.25) is 0 Å². The van der Waals surface area contributed by atoms with Crippen LogP contribution in [0.4, 0.5) is 17.1 Å². The van der Waals surface area contributed by atoms with Gasteiger partial charge in [-0.15, -0.1) is 11.3 Å². The summed E-state index contributed by atoms with van der Waals surface area (Å²) in [4.78, 5) is 2.40. The smallest absolute Gasteiger partial charge is 0.143 e. The maximum atomic E-state index is 7.09. The fourth-order valence-electron chi connectivity index (χ4n) is 10.4. The molecule has 2 nitrogen and oxygen atoms in total. The van der Waals surface area contributed by atoms with E-state index < -0.39 is 0 Å². The lowest BCUT2D eigenvalue weighted by atomic mass is 9.82. The minimum Gasteiger partial charge on any atom is -0.455 e. The van der Waals surface area contributed by atoms with Crippen molar-refractivity contribution in [2.75, 3.05) is 4.90 Å². The predicted molar refractivity (Wildman–Crippen MR) is 265 cm³/mol. The number of thiophene rings is 1. The normalized spacial score (nSPS) is 13.1. The van der Waals surface area contributed by atoms with Crippen molar-refractivity contribution in [1.29, 1.82) is 0 Å². The Hall–Kier alpha value is -7.46. The molecular weight excluding hydrogens is 771 g/mol. The van der Waals surface area contributed by atoms with Gasteiger partial charge in [0, 0.05) is 65.1 Å². The minimum atomic E-state index is -0.135. The Morgan fingerprint density at radius 2 is 1.08 bits per heavy atom. The van der Waals surface area contributed by atoms with E-state index >= 15 is 0 Å². The molecule has 0 aliphatic heterocycles. The van der Waals surface area contributed by atoms with Crippen molar-refractivity contribution in [2.24, 2.45) is 0 Å². The van der Waals surface area contributed by atoms with Gasteiger partial charge in [-0.1, -0.05) is 153 Å². The first kappa shape index (κ1) is 35.3. The van der Waals surface area contributed by atoms with Crippen LogP contribution in [0.1, 0.15) is 25.0 Å². The third kappa shape index (κ3) is 5.22. The monoisotopic (exact) mass is 809 g/mol. The second-order valence-electron chi connectivity index (χ2n) is 17.3. The molecule has 2 aromatic heterocycles. The first-order valence-electron chi connectivity index (χ1n) is 21.4. The van der Waals surface area contributed by atoms with Gasteiger partial charge in [-0.25, -0.2) is 0 Å². The summed E-state index contributed by atoms with van der Waals surface area (Å²) in [7, 11) is 0. The van der Waals surface area contributed by atoms with Gasteiger partial charge >= 0.3 is 0 Å². The topological polar surface area (TPSA) is 16.4 Å². The number of nitrogens with zero attached hydrogens (tertiary/aromatic N) is 1. The molecule has 0 unspecified atom stereocenters. The molecule has 62 heavy (non-hydrogen) atoms. The molecule has 2 heterocycles. The van der Waals surface area contributed by atoms with E-state index in [1.54, 1.807) is 0 Å². The number of benzene rings is 10. The third-order valence-corrected chi connectivity index (χ3v) is 14.7. The summed E-state index contributed by atoms with van der Waals surface area (Å²) in [5.41, 5.74) is 15.0. The van der Waals surface area contributed by atoms with E-state index in [1.165, 1.54) is 75.1 Å². The minimum absolute atomic E-state index is 0.135. The standard InChI is InChI=1S/C59H39NOS/c1-59(2)52-20-9-7-16-46(52)47-30-28-42(34-53(47)59)60(41-26-24-37(25-27-41)45-18-11-19-50-49-17-8-10-21-55(49)62-58(45)50)43-29-31-48-51-33-39-14-5-6-15-44(39)56(57(51)61-54(48)35-43)40-23-22-36-12-3-4-13-38(36)32-40/h3-35H,1-2H3. The van der Waals surface area contributed by atoms with Gasteiger partial charge in [-0.05, 0) is 115 Å². The van der Waals surface area contributed by atoms with Crippen molar-refractivity contribution in [3.63, 3.8) is 0 Å². The van der Waals surface area contributed by atoms with Crippen LogP contribution < -0.4 is 4.90 Å². The molecule has 0 N–H and O–H groups in total. The molecule has 292 valence electrons. The summed E-state index contributed by atoms with van der Waals surface area (Å²) >= 11 is 1.88. The van der Waals surface area contributed by atoms with E-state index in [0.29, 0.717) is 0 Å². The van der Waals surface area contributed by atoms with E-state index in [4.69, 9.17) is 4.42 Å². The van der Waals surface area contributed by atoms with Crippen molar-refractivity contribution in [1.82, 2.24) is 0 Å². The molecule has 1 aliphatic carbocycles. The summed E-state index contributed by atoms with van der Waals surface area (Å²) in [6, 6.07) is 73.6. The van der Waals surface area contributed by atoms with Gasteiger partial charge in [-0.3, -0.25) is 0 Å². The highest BCUT2D eigenvalue weighted by Crippen LogP contribution is 2.51. The molecule has 1 aliphatic rings. The van der Waals surface area contributed by atoms with Crippen molar-refractivity contribution in [2.45, 2.75) is 19.3 Å². The van der Waals surface area contributed by atoms with Gasteiger partial charge in [-0.2, -0.15) is 0 Å². The van der Waals surface area contributed by atoms with Crippen LogP contribution in [0, 0.1) is 0 Å². The average molecular weight is 810 g/mol. The zero-order valence-electron chi connectivity index (χ0n) is 34.3. The molecule has 0 atom stereocenters. The zero-order chi connectivity index (χ0) is 41.1. The maximum Gasteiger partial charge on any atom is 0.143 e. The lowest BCUT2D eigenvalue weighted by Gasteiger charge is -2.28. The number of furan rings is 1. The Morgan fingerprint density at radius 1 is 0.419 bits per heavy atom. The van der Waals surface area contributed by atoms with Crippen LogP contribution in [0.2, 0.25) is 0 Å². The second-order valence-corrected chi connectivity index (χ2v) is 18.3. The molecule has 0 radical (unpaired) electrons. The van der Waals surface area contributed by atoms with Crippen molar-refractivity contribution >= 4 is 92.1 Å². The highest BCUT2D eigenvalue weighted by molar-refractivity contribution is 7.26. The fraction of sp³-hybridized carbons (Fsp3) is 0.0508. The number of rotatable bonds is 5. The van der Waals surface area contributed by atoms with Crippen LogP contribution in [0.5, 0.6) is 0 Å². The second kappa shape index (κ2) is 13.3. The highest BCUT2D eigenvalue weighted by Gasteiger charge is 2.36. The molecule has 0 fully saturated rings. The number of hydrogen-bond donors (Lipinski definition) is 0. The van der Waals surface area contributed by atoms with Crippen LogP contribution in [0.3, 0.4) is 0 Å². The molecule has 0 spiro atoms. The molecule has 13 rings (SSSR count). The fourth-order valence-corrected chi connectivity index (χ4v) is 11.6. The van der Waals surface area contributed by atoms with E-state index in [1.807, 2.05) is 11.3 Å². The number of fused-ring (bicyclic) bond motifs is 11. The van der Waals surface area contributed by atoms with Crippen molar-refractivity contribution < 1.29 is 4.42 Å². The SMILES string of the molecule is CC1(C)c2ccccc2-c2ccc(N(c3ccc(-c4cccc5c4sc4ccccc45)cc3)c3ccc4c(c3)oc3c(-c5ccc6ccccc6c5)c5ccccc5cc34)cc21. The van der Waals surface area contributed by atoms with E-state index in [-0.39, 0.29) is 5.41 Å². The van der Waals surface area contributed by atoms with Gasteiger partial charge in [0.1, 0.15) is 11.2 Å². The first-order valence-corrected chi connectivity index (χ1v) is 22.2. The predicted octanol–water partition coefficient (Wildman–Crippen LogP) is 17.4. The van der Waals surface area contributed by atoms with Gasteiger partial charge < -0.3 is 9.32 Å². The highest BCUT2D eigenvalue weighted by atomic mass is 32.1. The zero-order valence-corrected chi connectivity index (χ0v) is 35.1. The maximum absolute atomic E-state index is 7.09. The summed E-state index contributed by atoms with van der Waals surface area (Å²) < 4.78 is 9.73. The summed E-state index contributed by atoms with van der Waals surface area (Å²) in [5.74, 6) is 0. The number of anilines is 3. The molecule has 0 saturated heterocycles. The summed E-state index contributed by atoms with van der Waals surface area (Å²) in [6.07, 6.45) is 0. The Kier molecular flexibility index (Phi) is 7.56. The molecular formula is C59H39NOS. The Bertz CT molecular complexity index is 3790. The van der Waals surface area contributed by atoms with E-state index in [2.05, 4.69) is 219 Å². The van der Waals surface area contributed by atoms with Gasteiger partial charge in [0.15, 0.2) is 0 Å². The molecule has 0 bridgehead atoms. The van der Waals surface area contributed by atoms with Crippen molar-refractivity contribution in [3.05, 3.63) is 211 Å². The molecule has 0 saturated carbocycles. The molecule has 3 heteroatoms. The first-order chi connectivity index (χ1) is 30.5. The van der Waals surface area contributed by atoms with Gasteiger partial charge in [0.05, 0.1) is 0 Å². The van der Waals surface area contributed by atoms with Crippen LogP contribution in [-0.2, 0) is 5.41 Å². The quantitative estimate of drug-likeness (QED) is 0.172. The van der Waals surface area contributed by atoms with Crippen LogP contribution in [-0.4, -0.2) is 0 Å². The Balaban J connectivity index is 0.996. The van der Waals surface area contributed by atoms with E-state index in [0.717, 1.165) is 50.1 Å². The molecule has 12 aromatic rings. The van der Waals surface area contributed by atoms with Crippen molar-refractivity contribution in [3.8, 4) is 33.4 Å². The number of hydrogen-bond acceptors (Lipinski definition) is 3. The average Bonchev–Trinajstić information content (AvgIpc) is 3.95. The van der Waals surface area contributed by atoms with E-state index in [9.17, 15) is 0 Å². The largest absolute Gasteiger partial charge is 0.455 e. The van der Waals surface area contributed by atoms with Gasteiger partial charge in [0.25, 0.3) is 0 Å². The lowest BCUT2D eigenvalue weighted by Crippen LogP contribution is -2.16. The molecule has 10 aromatic carbocycles. The van der Waals surface area contributed by atoms with Crippen LogP contribution in [0.25, 0.3) is 97.0 Å².